The molecule has 30 heavy (non-hydrogen) atoms. The SMILES string of the molecule is CC1=C(C#N)C(=O)N(CCO)C(=O)/C1=C\c1ccc(-c2ccc3c(c2)C(=O)OC3)o1. The van der Waals surface area contributed by atoms with Crippen molar-refractivity contribution in [1.82, 2.24) is 4.90 Å². The predicted molar refractivity (Wildman–Crippen MR) is 103 cm³/mol. The number of esters is 1. The molecule has 0 radical (unpaired) electrons. The number of aliphatic hydroxyl groups excluding tert-OH is 1. The highest BCUT2D eigenvalue weighted by Gasteiger charge is 2.35. The Balaban J connectivity index is 1.71. The second kappa shape index (κ2) is 7.46. The van der Waals surface area contributed by atoms with Crippen LogP contribution in [0.4, 0.5) is 0 Å². The minimum Gasteiger partial charge on any atom is -0.457 e. The van der Waals surface area contributed by atoms with Crippen LogP contribution in [0.5, 0.6) is 0 Å². The van der Waals surface area contributed by atoms with Gasteiger partial charge < -0.3 is 14.3 Å². The Hall–Kier alpha value is -3.96. The summed E-state index contributed by atoms with van der Waals surface area (Å²) in [5.41, 5.74) is 2.20. The zero-order valence-corrected chi connectivity index (χ0v) is 16.0. The quantitative estimate of drug-likeness (QED) is 0.471. The number of imide groups is 1. The summed E-state index contributed by atoms with van der Waals surface area (Å²) in [6.07, 6.45) is 1.46. The van der Waals surface area contributed by atoms with Crippen LogP contribution in [0.1, 0.15) is 28.6 Å². The van der Waals surface area contributed by atoms with Gasteiger partial charge in [0, 0.05) is 16.7 Å². The largest absolute Gasteiger partial charge is 0.457 e. The molecule has 0 aliphatic carbocycles. The van der Waals surface area contributed by atoms with E-state index < -0.39 is 18.4 Å². The lowest BCUT2D eigenvalue weighted by Crippen LogP contribution is -2.44. The molecule has 2 aliphatic rings. The third kappa shape index (κ3) is 3.11. The molecule has 0 saturated heterocycles. The maximum Gasteiger partial charge on any atom is 0.338 e. The van der Waals surface area contributed by atoms with E-state index in [1.807, 2.05) is 12.1 Å². The van der Waals surface area contributed by atoms with Gasteiger partial charge >= 0.3 is 5.97 Å². The molecule has 0 unspecified atom stereocenters. The molecule has 1 N–H and O–H groups in total. The molecule has 0 bridgehead atoms. The number of β-amino-alcohol motifs (C(OH)–C–C–N with tert-alkyl or cyclic N) is 1. The number of amides is 2. The van der Waals surface area contributed by atoms with E-state index >= 15 is 0 Å². The van der Waals surface area contributed by atoms with Gasteiger partial charge in [-0.1, -0.05) is 12.1 Å². The number of rotatable bonds is 4. The van der Waals surface area contributed by atoms with Crippen molar-refractivity contribution >= 4 is 23.9 Å². The average molecular weight is 404 g/mol. The second-order valence-electron chi connectivity index (χ2n) is 6.81. The second-order valence-corrected chi connectivity index (χ2v) is 6.81. The number of ether oxygens (including phenoxy) is 1. The summed E-state index contributed by atoms with van der Waals surface area (Å²) in [6.45, 7) is 1.16. The monoisotopic (exact) mass is 404 g/mol. The van der Waals surface area contributed by atoms with Crippen molar-refractivity contribution < 1.29 is 28.6 Å². The van der Waals surface area contributed by atoms with Crippen molar-refractivity contribution in [3.05, 3.63) is 63.9 Å². The Bertz CT molecular complexity index is 1190. The summed E-state index contributed by atoms with van der Waals surface area (Å²) < 4.78 is 10.8. The topological polar surface area (TPSA) is 121 Å². The number of hydrogen-bond acceptors (Lipinski definition) is 7. The van der Waals surface area contributed by atoms with Crippen LogP contribution < -0.4 is 0 Å². The molecule has 4 rings (SSSR count). The normalized spacial score (nSPS) is 17.4. The van der Waals surface area contributed by atoms with Gasteiger partial charge in [0.1, 0.15) is 29.8 Å². The molecule has 3 heterocycles. The summed E-state index contributed by atoms with van der Waals surface area (Å²) >= 11 is 0. The van der Waals surface area contributed by atoms with Crippen LogP contribution in [-0.4, -0.2) is 40.9 Å². The van der Waals surface area contributed by atoms with E-state index in [1.165, 1.54) is 13.0 Å². The molecule has 1 aromatic heterocycles. The number of furan rings is 1. The van der Waals surface area contributed by atoms with Gasteiger partial charge in [-0.3, -0.25) is 14.5 Å². The highest BCUT2D eigenvalue weighted by molar-refractivity contribution is 6.19. The lowest BCUT2D eigenvalue weighted by molar-refractivity contribution is -0.141. The molecule has 0 spiro atoms. The maximum atomic E-state index is 12.7. The Morgan fingerprint density at radius 2 is 2.00 bits per heavy atom. The third-order valence-electron chi connectivity index (χ3n) is 5.04. The minimum atomic E-state index is -0.726. The first kappa shape index (κ1) is 19.4. The lowest BCUT2D eigenvalue weighted by Gasteiger charge is -2.26. The molecule has 8 heteroatoms. The number of aliphatic hydroxyl groups is 1. The number of hydrogen-bond donors (Lipinski definition) is 1. The first-order chi connectivity index (χ1) is 14.4. The lowest BCUT2D eigenvalue weighted by atomic mass is 9.95. The standard InChI is InChI=1S/C22H16N2O6/c1-12-16(20(26)24(6-7-25)21(27)18(12)10-23)9-15-4-5-19(30-15)13-2-3-14-11-29-22(28)17(14)8-13/h2-5,8-9,25H,6-7,11H2,1H3/b16-9-. The van der Waals surface area contributed by atoms with Crippen LogP contribution in [0.25, 0.3) is 17.4 Å². The van der Waals surface area contributed by atoms with E-state index in [0.717, 1.165) is 10.5 Å². The zero-order chi connectivity index (χ0) is 21.4. The highest BCUT2D eigenvalue weighted by atomic mass is 16.5. The molecule has 8 nitrogen and oxygen atoms in total. The van der Waals surface area contributed by atoms with Crippen molar-refractivity contribution in [1.29, 1.82) is 5.26 Å². The van der Waals surface area contributed by atoms with Crippen LogP contribution in [0.3, 0.4) is 0 Å². The zero-order valence-electron chi connectivity index (χ0n) is 16.0. The molecule has 1 aromatic carbocycles. The van der Waals surface area contributed by atoms with Gasteiger partial charge in [0.05, 0.1) is 18.7 Å². The van der Waals surface area contributed by atoms with Crippen LogP contribution >= 0.6 is 0 Å². The average Bonchev–Trinajstić information content (AvgIpc) is 3.36. The number of carbonyl (C=O) groups excluding carboxylic acids is 3. The fourth-order valence-electron chi connectivity index (χ4n) is 3.43. The van der Waals surface area contributed by atoms with Gasteiger partial charge in [0.15, 0.2) is 0 Å². The van der Waals surface area contributed by atoms with E-state index in [4.69, 9.17) is 14.3 Å². The van der Waals surface area contributed by atoms with Crippen LogP contribution in [0.15, 0.2) is 51.5 Å². The number of benzene rings is 1. The Morgan fingerprint density at radius 1 is 1.20 bits per heavy atom. The number of fused-ring (bicyclic) bond motifs is 1. The van der Waals surface area contributed by atoms with Crippen LogP contribution in [0.2, 0.25) is 0 Å². The summed E-state index contributed by atoms with van der Waals surface area (Å²) in [6, 6.07) is 10.5. The summed E-state index contributed by atoms with van der Waals surface area (Å²) in [4.78, 5) is 37.6. The van der Waals surface area contributed by atoms with E-state index in [-0.39, 0.29) is 35.8 Å². The fourth-order valence-corrected chi connectivity index (χ4v) is 3.43. The van der Waals surface area contributed by atoms with Crippen LogP contribution in [0, 0.1) is 11.3 Å². The van der Waals surface area contributed by atoms with Crippen molar-refractivity contribution in [2.45, 2.75) is 13.5 Å². The van der Waals surface area contributed by atoms with E-state index in [2.05, 4.69) is 0 Å². The van der Waals surface area contributed by atoms with Gasteiger partial charge in [0.25, 0.3) is 11.8 Å². The molecule has 0 saturated carbocycles. The van der Waals surface area contributed by atoms with E-state index in [9.17, 15) is 19.6 Å². The molecular weight excluding hydrogens is 388 g/mol. The molecule has 0 fully saturated rings. The molecule has 2 amide bonds. The van der Waals surface area contributed by atoms with Gasteiger partial charge in [0.2, 0.25) is 0 Å². The predicted octanol–water partition coefficient (Wildman–Crippen LogP) is 2.20. The van der Waals surface area contributed by atoms with Crippen LogP contribution in [-0.2, 0) is 20.9 Å². The van der Waals surface area contributed by atoms with Crippen molar-refractivity contribution in [2.24, 2.45) is 0 Å². The Morgan fingerprint density at radius 3 is 2.73 bits per heavy atom. The molecule has 2 aliphatic heterocycles. The van der Waals surface area contributed by atoms with Gasteiger partial charge in [-0.2, -0.15) is 5.26 Å². The summed E-state index contributed by atoms with van der Waals surface area (Å²) in [5, 5.41) is 18.5. The molecular formula is C22H16N2O6. The molecule has 2 aromatic rings. The first-order valence-electron chi connectivity index (χ1n) is 9.15. The maximum absolute atomic E-state index is 12.7. The molecule has 150 valence electrons. The van der Waals surface area contributed by atoms with Crippen molar-refractivity contribution in [2.75, 3.05) is 13.2 Å². The Kier molecular flexibility index (Phi) is 4.82. The van der Waals surface area contributed by atoms with Gasteiger partial charge in [-0.25, -0.2) is 4.79 Å². The number of nitrogens with zero attached hydrogens (tertiary/aromatic N) is 2. The third-order valence-corrected chi connectivity index (χ3v) is 5.04. The van der Waals surface area contributed by atoms with Gasteiger partial charge in [-0.15, -0.1) is 0 Å². The number of carbonyl (C=O) groups is 3. The molecule has 0 atom stereocenters. The van der Waals surface area contributed by atoms with Crippen molar-refractivity contribution in [3.8, 4) is 17.4 Å². The highest BCUT2D eigenvalue weighted by Crippen LogP contribution is 2.31. The van der Waals surface area contributed by atoms with E-state index in [1.54, 1.807) is 24.3 Å². The van der Waals surface area contributed by atoms with E-state index in [0.29, 0.717) is 22.6 Å². The smallest absolute Gasteiger partial charge is 0.338 e. The summed E-state index contributed by atoms with van der Waals surface area (Å²) in [7, 11) is 0. The summed E-state index contributed by atoms with van der Waals surface area (Å²) in [5.74, 6) is -0.892. The van der Waals surface area contributed by atoms with Crippen molar-refractivity contribution in [3.63, 3.8) is 0 Å². The minimum absolute atomic E-state index is 0.137. The van der Waals surface area contributed by atoms with Gasteiger partial charge in [-0.05, 0) is 36.8 Å². The number of cyclic esters (lactones) is 1. The fraction of sp³-hybridized carbons (Fsp3) is 0.182. The Labute approximate surface area is 171 Å². The number of nitriles is 1. The first-order valence-corrected chi connectivity index (χ1v) is 9.15.